The number of piperidine rings is 1. The van der Waals surface area contributed by atoms with Crippen molar-refractivity contribution in [3.05, 3.63) is 65.5 Å². The molecule has 0 unspecified atom stereocenters. The fourth-order valence-electron chi connectivity index (χ4n) is 3.59. The summed E-state index contributed by atoms with van der Waals surface area (Å²) in [6, 6.07) is 14.7. The molecule has 1 N–H and O–H groups in total. The summed E-state index contributed by atoms with van der Waals surface area (Å²) in [5.41, 5.74) is 2.72. The summed E-state index contributed by atoms with van der Waals surface area (Å²) in [5, 5.41) is 2.96. The second kappa shape index (κ2) is 8.35. The van der Waals surface area contributed by atoms with Gasteiger partial charge in [0.05, 0.1) is 12.5 Å². The number of nitrogens with zero attached hydrogens (tertiary/aromatic N) is 1. The number of halogens is 1. The quantitative estimate of drug-likeness (QED) is 0.858. The number of carbonyl (C=O) groups excluding carboxylic acids is 1. The molecular weight excluding hydrogens is 327 g/mol. The van der Waals surface area contributed by atoms with Gasteiger partial charge >= 0.3 is 0 Å². The average Bonchev–Trinajstić information content (AvgIpc) is 2.64. The van der Waals surface area contributed by atoms with Crippen LogP contribution in [0.2, 0.25) is 0 Å². The van der Waals surface area contributed by atoms with Gasteiger partial charge in [-0.15, -0.1) is 0 Å². The van der Waals surface area contributed by atoms with Crippen molar-refractivity contribution < 1.29 is 9.18 Å². The van der Waals surface area contributed by atoms with Crippen molar-refractivity contribution in [2.45, 2.75) is 39.2 Å². The molecule has 1 aliphatic rings. The molecule has 2 aromatic rings. The Kier molecular flexibility index (Phi) is 5.92. The normalized spacial score (nSPS) is 18.4. The average molecular weight is 354 g/mol. The molecule has 0 aliphatic carbocycles. The summed E-state index contributed by atoms with van der Waals surface area (Å²) in [5.74, 6) is 0.229. The van der Waals surface area contributed by atoms with Gasteiger partial charge in [0, 0.05) is 18.8 Å². The molecule has 0 spiro atoms. The SMILES string of the molecule is C[C@H]1CCCN(c2ccc([C@@H](C)NC(=O)Cc3ccccc3F)cc2)C1. The van der Waals surface area contributed by atoms with Crippen LogP contribution < -0.4 is 10.2 Å². The molecule has 3 rings (SSSR count). The molecule has 3 nitrogen and oxygen atoms in total. The van der Waals surface area contributed by atoms with Crippen molar-refractivity contribution in [1.29, 1.82) is 0 Å². The van der Waals surface area contributed by atoms with Crippen molar-refractivity contribution >= 4 is 11.6 Å². The van der Waals surface area contributed by atoms with Gasteiger partial charge in [0.1, 0.15) is 5.82 Å². The van der Waals surface area contributed by atoms with Gasteiger partial charge in [0.25, 0.3) is 0 Å². The van der Waals surface area contributed by atoms with Crippen LogP contribution in [0.3, 0.4) is 0 Å². The van der Waals surface area contributed by atoms with Crippen LogP contribution in [0.15, 0.2) is 48.5 Å². The molecule has 0 saturated carbocycles. The van der Waals surface area contributed by atoms with E-state index in [1.54, 1.807) is 18.2 Å². The first kappa shape index (κ1) is 18.4. The van der Waals surface area contributed by atoms with Gasteiger partial charge in [0.2, 0.25) is 5.91 Å². The third kappa shape index (κ3) is 4.63. The molecule has 1 amide bonds. The number of hydrogen-bond donors (Lipinski definition) is 1. The van der Waals surface area contributed by atoms with Crippen molar-refractivity contribution in [1.82, 2.24) is 5.32 Å². The first-order valence-corrected chi connectivity index (χ1v) is 9.40. The largest absolute Gasteiger partial charge is 0.371 e. The molecule has 1 saturated heterocycles. The lowest BCUT2D eigenvalue weighted by Gasteiger charge is -2.33. The van der Waals surface area contributed by atoms with Crippen molar-refractivity contribution in [3.63, 3.8) is 0 Å². The van der Waals surface area contributed by atoms with Gasteiger partial charge < -0.3 is 10.2 Å². The summed E-state index contributed by atoms with van der Waals surface area (Å²) < 4.78 is 13.7. The number of carbonyl (C=O) groups is 1. The lowest BCUT2D eigenvalue weighted by molar-refractivity contribution is -0.121. The number of rotatable bonds is 5. The highest BCUT2D eigenvalue weighted by Crippen LogP contribution is 2.24. The smallest absolute Gasteiger partial charge is 0.225 e. The van der Waals surface area contributed by atoms with E-state index in [4.69, 9.17) is 0 Å². The highest BCUT2D eigenvalue weighted by molar-refractivity contribution is 5.79. The molecule has 1 heterocycles. The Morgan fingerprint density at radius 3 is 2.65 bits per heavy atom. The van der Waals surface area contributed by atoms with Crippen LogP contribution in [-0.2, 0) is 11.2 Å². The Balaban J connectivity index is 1.58. The van der Waals surface area contributed by atoms with Crippen LogP contribution in [0, 0.1) is 11.7 Å². The monoisotopic (exact) mass is 354 g/mol. The van der Waals surface area contributed by atoms with Crippen LogP contribution in [-0.4, -0.2) is 19.0 Å². The zero-order chi connectivity index (χ0) is 18.5. The van der Waals surface area contributed by atoms with Crippen LogP contribution in [0.5, 0.6) is 0 Å². The van der Waals surface area contributed by atoms with E-state index in [2.05, 4.69) is 41.4 Å². The molecule has 0 radical (unpaired) electrons. The van der Waals surface area contributed by atoms with Gasteiger partial charge in [-0.3, -0.25) is 4.79 Å². The predicted molar refractivity (Wildman–Crippen MR) is 104 cm³/mol. The first-order valence-electron chi connectivity index (χ1n) is 9.40. The maximum absolute atomic E-state index is 13.7. The lowest BCUT2D eigenvalue weighted by Crippen LogP contribution is -2.34. The molecule has 138 valence electrons. The van der Waals surface area contributed by atoms with E-state index in [9.17, 15) is 9.18 Å². The Morgan fingerprint density at radius 1 is 1.23 bits per heavy atom. The van der Waals surface area contributed by atoms with E-state index in [1.807, 2.05) is 6.92 Å². The van der Waals surface area contributed by atoms with Crippen molar-refractivity contribution in [2.75, 3.05) is 18.0 Å². The van der Waals surface area contributed by atoms with Gasteiger partial charge in [-0.1, -0.05) is 37.3 Å². The van der Waals surface area contributed by atoms with E-state index in [0.29, 0.717) is 5.56 Å². The number of anilines is 1. The van der Waals surface area contributed by atoms with Gasteiger partial charge in [-0.05, 0) is 55.0 Å². The minimum atomic E-state index is -0.338. The summed E-state index contributed by atoms with van der Waals surface area (Å²) in [6.45, 7) is 6.47. The Labute approximate surface area is 155 Å². The first-order chi connectivity index (χ1) is 12.5. The van der Waals surface area contributed by atoms with E-state index < -0.39 is 0 Å². The summed E-state index contributed by atoms with van der Waals surface area (Å²) >= 11 is 0. The minimum Gasteiger partial charge on any atom is -0.371 e. The highest BCUT2D eigenvalue weighted by Gasteiger charge is 2.17. The molecule has 2 aromatic carbocycles. The van der Waals surface area contributed by atoms with Gasteiger partial charge in [-0.2, -0.15) is 0 Å². The topological polar surface area (TPSA) is 32.3 Å². The van der Waals surface area contributed by atoms with Crippen LogP contribution in [0.25, 0.3) is 0 Å². The predicted octanol–water partition coefficient (Wildman–Crippen LogP) is 4.48. The zero-order valence-corrected chi connectivity index (χ0v) is 15.5. The number of benzene rings is 2. The molecule has 2 atom stereocenters. The van der Waals surface area contributed by atoms with E-state index in [-0.39, 0.29) is 24.2 Å². The summed E-state index contributed by atoms with van der Waals surface area (Å²) in [7, 11) is 0. The van der Waals surface area contributed by atoms with Gasteiger partial charge in [-0.25, -0.2) is 4.39 Å². The lowest BCUT2D eigenvalue weighted by atomic mass is 9.99. The Morgan fingerprint density at radius 2 is 1.96 bits per heavy atom. The second-order valence-corrected chi connectivity index (χ2v) is 7.34. The van der Waals surface area contributed by atoms with Crippen LogP contribution >= 0.6 is 0 Å². The zero-order valence-electron chi connectivity index (χ0n) is 15.5. The summed E-state index contributed by atoms with van der Waals surface area (Å²) in [4.78, 5) is 14.6. The molecule has 0 bridgehead atoms. The number of hydrogen-bond acceptors (Lipinski definition) is 2. The van der Waals surface area contributed by atoms with E-state index in [0.717, 1.165) is 24.6 Å². The third-order valence-corrected chi connectivity index (χ3v) is 5.10. The van der Waals surface area contributed by atoms with Crippen molar-refractivity contribution in [3.8, 4) is 0 Å². The number of nitrogens with one attached hydrogen (secondary N) is 1. The summed E-state index contributed by atoms with van der Waals surface area (Å²) in [6.07, 6.45) is 2.60. The fraction of sp³-hybridized carbons (Fsp3) is 0.409. The minimum absolute atomic E-state index is 0.0563. The second-order valence-electron chi connectivity index (χ2n) is 7.34. The number of amides is 1. The Hall–Kier alpha value is -2.36. The van der Waals surface area contributed by atoms with E-state index in [1.165, 1.54) is 24.6 Å². The molecule has 1 fully saturated rings. The van der Waals surface area contributed by atoms with Crippen LogP contribution in [0.1, 0.15) is 43.9 Å². The molecule has 26 heavy (non-hydrogen) atoms. The molecule has 0 aromatic heterocycles. The van der Waals surface area contributed by atoms with E-state index >= 15 is 0 Å². The third-order valence-electron chi connectivity index (χ3n) is 5.10. The standard InChI is InChI=1S/C22H27FN2O/c1-16-6-5-13-25(15-16)20-11-9-18(10-12-20)17(2)24-22(26)14-19-7-3-4-8-21(19)23/h3-4,7-12,16-17H,5-6,13-15H2,1-2H3,(H,24,26)/t16-,17+/m0/s1. The Bertz CT molecular complexity index is 744. The fourth-order valence-corrected chi connectivity index (χ4v) is 3.59. The van der Waals surface area contributed by atoms with Crippen molar-refractivity contribution in [2.24, 2.45) is 5.92 Å². The van der Waals surface area contributed by atoms with Gasteiger partial charge in [0.15, 0.2) is 0 Å². The maximum atomic E-state index is 13.7. The molecular formula is C22H27FN2O. The maximum Gasteiger partial charge on any atom is 0.225 e. The molecule has 1 aliphatic heterocycles. The highest BCUT2D eigenvalue weighted by atomic mass is 19.1. The molecule has 4 heteroatoms. The van der Waals surface area contributed by atoms with Crippen LogP contribution in [0.4, 0.5) is 10.1 Å².